The highest BCUT2D eigenvalue weighted by Gasteiger charge is 2.10. The molecule has 2 rings (SSSR count). The number of imidazole rings is 1. The van der Waals surface area contributed by atoms with Gasteiger partial charge in [0.25, 0.3) is 5.88 Å². The van der Waals surface area contributed by atoms with Crippen LogP contribution in [0.25, 0.3) is 5.65 Å². The summed E-state index contributed by atoms with van der Waals surface area (Å²) in [5.41, 5.74) is 0.725. The summed E-state index contributed by atoms with van der Waals surface area (Å²) in [5.74, 6) is 1.44. The van der Waals surface area contributed by atoms with Crippen molar-refractivity contribution in [3.8, 4) is 5.88 Å². The van der Waals surface area contributed by atoms with E-state index in [2.05, 4.69) is 22.1 Å². The molecule has 0 saturated heterocycles. The average Bonchev–Trinajstić information content (AvgIpc) is 2.71. The Hall–Kier alpha value is -1.30. The van der Waals surface area contributed by atoms with E-state index in [0.29, 0.717) is 12.5 Å². The molecule has 0 spiro atoms. The lowest BCUT2D eigenvalue weighted by Gasteiger charge is -2.05. The number of aromatic nitrogens is 4. The Morgan fingerprint density at radius 1 is 1.40 bits per heavy atom. The maximum absolute atomic E-state index is 5.34. The number of hydrogen-bond acceptors (Lipinski definition) is 5. The first-order chi connectivity index (χ1) is 7.36. The van der Waals surface area contributed by atoms with Crippen LogP contribution < -0.4 is 4.74 Å². The van der Waals surface area contributed by atoms with E-state index >= 15 is 0 Å². The van der Waals surface area contributed by atoms with Gasteiger partial charge < -0.3 is 4.74 Å². The second kappa shape index (κ2) is 4.48. The van der Waals surface area contributed by atoms with E-state index in [1.165, 1.54) is 0 Å². The Morgan fingerprint density at radius 2 is 2.27 bits per heavy atom. The molecule has 2 aromatic heterocycles. The minimum Gasteiger partial charge on any atom is -0.474 e. The van der Waals surface area contributed by atoms with Crippen molar-refractivity contribution in [2.75, 3.05) is 12.4 Å². The molecule has 5 nitrogen and oxygen atoms in total. The van der Waals surface area contributed by atoms with Crippen molar-refractivity contribution < 1.29 is 4.74 Å². The van der Waals surface area contributed by atoms with Crippen molar-refractivity contribution >= 4 is 17.4 Å². The number of hydrogen-bond donors (Lipinski definition) is 0. The van der Waals surface area contributed by atoms with Crippen LogP contribution in [0, 0.1) is 0 Å². The van der Waals surface area contributed by atoms with Crippen molar-refractivity contribution in [3.05, 3.63) is 12.4 Å². The van der Waals surface area contributed by atoms with Gasteiger partial charge in [-0.15, -0.1) is 10.2 Å². The van der Waals surface area contributed by atoms with Gasteiger partial charge in [-0.1, -0.05) is 18.7 Å². The van der Waals surface area contributed by atoms with Gasteiger partial charge in [-0.2, -0.15) is 0 Å². The van der Waals surface area contributed by atoms with Crippen LogP contribution in [0.15, 0.2) is 17.6 Å². The molecule has 0 radical (unpaired) electrons. The molecule has 2 heterocycles. The zero-order chi connectivity index (χ0) is 10.7. The molecule has 0 aliphatic rings. The highest BCUT2D eigenvalue weighted by molar-refractivity contribution is 7.99. The first kappa shape index (κ1) is 10.2. The molecular weight excluding hydrogens is 212 g/mol. The molecule has 0 unspecified atom stereocenters. The van der Waals surface area contributed by atoms with Crippen LogP contribution in [0.3, 0.4) is 0 Å². The van der Waals surface area contributed by atoms with Gasteiger partial charge in [-0.3, -0.25) is 4.40 Å². The summed E-state index contributed by atoms with van der Waals surface area (Å²) in [4.78, 5) is 4.20. The van der Waals surface area contributed by atoms with Crippen molar-refractivity contribution in [1.29, 1.82) is 0 Å². The summed E-state index contributed by atoms with van der Waals surface area (Å²) in [7, 11) is 0. The van der Waals surface area contributed by atoms with Crippen LogP contribution >= 0.6 is 11.8 Å². The maximum atomic E-state index is 5.34. The summed E-state index contributed by atoms with van der Waals surface area (Å²) in [6, 6.07) is 0. The normalized spacial score (nSPS) is 10.8. The van der Waals surface area contributed by atoms with Crippen LogP contribution in [-0.4, -0.2) is 31.9 Å². The standard InChI is InChI=1S/C9H12N4OS/c1-3-14-8-7-10-5-6-13(7)9(12-11-8)15-4-2/h5-6H,3-4H2,1-2H3. The lowest BCUT2D eigenvalue weighted by Crippen LogP contribution is -2.03. The number of fused-ring (bicyclic) bond motifs is 1. The van der Waals surface area contributed by atoms with Gasteiger partial charge in [0, 0.05) is 12.4 Å². The number of thioether (sulfide) groups is 1. The Kier molecular flexibility index (Phi) is 3.05. The molecule has 0 fully saturated rings. The van der Waals surface area contributed by atoms with E-state index in [0.717, 1.165) is 16.6 Å². The Bertz CT molecular complexity index is 416. The summed E-state index contributed by atoms with van der Waals surface area (Å²) in [5, 5.41) is 8.95. The fraction of sp³-hybridized carbons (Fsp3) is 0.444. The average molecular weight is 224 g/mol. The van der Waals surface area contributed by atoms with E-state index in [4.69, 9.17) is 4.74 Å². The predicted molar refractivity (Wildman–Crippen MR) is 58.3 cm³/mol. The lowest BCUT2D eigenvalue weighted by atomic mass is 10.7. The summed E-state index contributed by atoms with van der Waals surface area (Å²) in [6.07, 6.45) is 3.59. The molecule has 15 heavy (non-hydrogen) atoms. The van der Waals surface area contributed by atoms with Crippen LogP contribution in [0.2, 0.25) is 0 Å². The topological polar surface area (TPSA) is 52.3 Å². The second-order valence-corrected chi connectivity index (χ2v) is 4.01. The van der Waals surface area contributed by atoms with Crippen molar-refractivity contribution in [2.45, 2.75) is 19.0 Å². The van der Waals surface area contributed by atoms with Gasteiger partial charge in [-0.05, 0) is 12.7 Å². The zero-order valence-electron chi connectivity index (χ0n) is 8.67. The van der Waals surface area contributed by atoms with E-state index < -0.39 is 0 Å². The van der Waals surface area contributed by atoms with E-state index in [-0.39, 0.29) is 0 Å². The Morgan fingerprint density at radius 3 is 3.00 bits per heavy atom. The quantitative estimate of drug-likeness (QED) is 0.739. The third-order valence-electron chi connectivity index (χ3n) is 1.82. The molecule has 0 aromatic carbocycles. The third kappa shape index (κ3) is 1.90. The molecule has 0 aliphatic carbocycles. The van der Waals surface area contributed by atoms with Gasteiger partial charge in [0.15, 0.2) is 5.16 Å². The lowest BCUT2D eigenvalue weighted by molar-refractivity contribution is 0.322. The molecule has 6 heteroatoms. The molecule has 2 aromatic rings. The largest absolute Gasteiger partial charge is 0.474 e. The fourth-order valence-electron chi connectivity index (χ4n) is 1.25. The van der Waals surface area contributed by atoms with Gasteiger partial charge in [-0.25, -0.2) is 4.98 Å². The van der Waals surface area contributed by atoms with E-state index in [9.17, 15) is 0 Å². The van der Waals surface area contributed by atoms with Crippen LogP contribution in [-0.2, 0) is 0 Å². The highest BCUT2D eigenvalue weighted by Crippen LogP contribution is 2.20. The van der Waals surface area contributed by atoms with Gasteiger partial charge >= 0.3 is 0 Å². The Labute approximate surface area is 91.9 Å². The van der Waals surface area contributed by atoms with Gasteiger partial charge in [0.05, 0.1) is 6.61 Å². The number of rotatable bonds is 4. The van der Waals surface area contributed by atoms with Crippen LogP contribution in [0.4, 0.5) is 0 Å². The van der Waals surface area contributed by atoms with Crippen molar-refractivity contribution in [1.82, 2.24) is 19.6 Å². The summed E-state index contributed by atoms with van der Waals surface area (Å²) >= 11 is 1.63. The molecule has 0 bridgehead atoms. The van der Waals surface area contributed by atoms with E-state index in [1.54, 1.807) is 18.0 Å². The van der Waals surface area contributed by atoms with Gasteiger partial charge in [0.2, 0.25) is 5.65 Å². The SMILES string of the molecule is CCOc1nnc(SCC)n2ccnc12. The summed E-state index contributed by atoms with van der Waals surface area (Å²) in [6.45, 7) is 4.55. The predicted octanol–water partition coefficient (Wildman–Crippen LogP) is 1.64. The maximum Gasteiger partial charge on any atom is 0.277 e. The first-order valence-corrected chi connectivity index (χ1v) is 5.80. The third-order valence-corrected chi connectivity index (χ3v) is 2.64. The minimum atomic E-state index is 0.489. The number of ether oxygens (including phenoxy) is 1. The smallest absolute Gasteiger partial charge is 0.277 e. The summed E-state index contributed by atoms with van der Waals surface area (Å²) < 4.78 is 7.24. The van der Waals surface area contributed by atoms with E-state index in [1.807, 2.05) is 17.5 Å². The second-order valence-electron chi connectivity index (χ2n) is 2.77. The Balaban J connectivity index is 2.50. The molecule has 0 amide bonds. The minimum absolute atomic E-state index is 0.489. The van der Waals surface area contributed by atoms with Crippen molar-refractivity contribution in [2.24, 2.45) is 0 Å². The number of nitrogens with zero attached hydrogens (tertiary/aromatic N) is 4. The molecule has 0 aliphatic heterocycles. The molecule has 80 valence electrons. The molecule has 0 atom stereocenters. The fourth-order valence-corrected chi connectivity index (χ4v) is 1.90. The molecular formula is C9H12N4OS. The molecule has 0 saturated carbocycles. The van der Waals surface area contributed by atoms with Gasteiger partial charge in [0.1, 0.15) is 0 Å². The van der Waals surface area contributed by atoms with Crippen LogP contribution in [0.5, 0.6) is 5.88 Å². The monoisotopic (exact) mass is 224 g/mol. The first-order valence-electron chi connectivity index (χ1n) is 4.82. The van der Waals surface area contributed by atoms with Crippen LogP contribution in [0.1, 0.15) is 13.8 Å². The molecule has 0 N–H and O–H groups in total. The van der Waals surface area contributed by atoms with Crippen molar-refractivity contribution in [3.63, 3.8) is 0 Å². The highest BCUT2D eigenvalue weighted by atomic mass is 32.2. The zero-order valence-corrected chi connectivity index (χ0v) is 9.49.